The van der Waals surface area contributed by atoms with E-state index in [9.17, 15) is 13.2 Å². The first-order chi connectivity index (χ1) is 12.4. The molecule has 9 heteroatoms. The molecular formula is C17H18ClN3O4S. The highest BCUT2D eigenvalue weighted by molar-refractivity contribution is 7.89. The number of rotatable bonds is 4. The third-order valence-corrected chi connectivity index (χ3v) is 6.45. The highest BCUT2D eigenvalue weighted by Gasteiger charge is 2.28. The summed E-state index contributed by atoms with van der Waals surface area (Å²) >= 11 is 5.82. The van der Waals surface area contributed by atoms with E-state index in [1.165, 1.54) is 16.4 Å². The standard InChI is InChI=1S/C17H18ClN3O4S/c18-14-3-7-16(8-4-14)26(24,25)21-11-9-20(10-12-21)15-5-1-13(2-6-15)17(22)19-23/h1-8,23H,9-12H2,(H,19,22). The lowest BCUT2D eigenvalue weighted by atomic mass is 10.2. The summed E-state index contributed by atoms with van der Waals surface area (Å²) in [6.07, 6.45) is 0. The second kappa shape index (κ2) is 7.63. The molecule has 3 rings (SSSR count). The van der Waals surface area contributed by atoms with Crippen molar-refractivity contribution in [2.24, 2.45) is 0 Å². The Kier molecular flexibility index (Phi) is 5.47. The van der Waals surface area contributed by atoms with Crippen molar-refractivity contribution in [3.05, 3.63) is 59.1 Å². The maximum absolute atomic E-state index is 12.7. The van der Waals surface area contributed by atoms with Crippen LogP contribution < -0.4 is 10.4 Å². The number of amides is 1. The van der Waals surface area contributed by atoms with E-state index in [0.29, 0.717) is 36.8 Å². The van der Waals surface area contributed by atoms with Crippen LogP contribution in [0.25, 0.3) is 0 Å². The zero-order valence-electron chi connectivity index (χ0n) is 13.8. The molecule has 2 N–H and O–H groups in total. The van der Waals surface area contributed by atoms with Crippen molar-refractivity contribution >= 4 is 33.2 Å². The van der Waals surface area contributed by atoms with Crippen LogP contribution in [-0.4, -0.2) is 50.0 Å². The maximum atomic E-state index is 12.7. The van der Waals surface area contributed by atoms with Crippen molar-refractivity contribution in [2.75, 3.05) is 31.1 Å². The average Bonchev–Trinajstić information content (AvgIpc) is 2.68. The SMILES string of the molecule is O=C(NO)c1ccc(N2CCN(S(=O)(=O)c3ccc(Cl)cc3)CC2)cc1. The van der Waals surface area contributed by atoms with Gasteiger partial charge in [-0.05, 0) is 48.5 Å². The molecule has 138 valence electrons. The van der Waals surface area contributed by atoms with Crippen molar-refractivity contribution in [2.45, 2.75) is 4.90 Å². The van der Waals surface area contributed by atoms with Gasteiger partial charge in [0, 0.05) is 42.5 Å². The number of hydroxylamine groups is 1. The molecule has 7 nitrogen and oxygen atoms in total. The number of nitrogens with zero attached hydrogens (tertiary/aromatic N) is 2. The summed E-state index contributed by atoms with van der Waals surface area (Å²) in [4.78, 5) is 13.6. The topological polar surface area (TPSA) is 89.9 Å². The zero-order valence-corrected chi connectivity index (χ0v) is 15.4. The number of carbonyl (C=O) groups is 1. The fourth-order valence-corrected chi connectivity index (χ4v) is 4.38. The maximum Gasteiger partial charge on any atom is 0.274 e. The third kappa shape index (κ3) is 3.83. The van der Waals surface area contributed by atoms with Gasteiger partial charge in [0.25, 0.3) is 5.91 Å². The first kappa shape index (κ1) is 18.7. The molecule has 1 aliphatic rings. The lowest BCUT2D eigenvalue weighted by Crippen LogP contribution is -2.48. The highest BCUT2D eigenvalue weighted by Crippen LogP contribution is 2.22. The molecule has 26 heavy (non-hydrogen) atoms. The summed E-state index contributed by atoms with van der Waals surface area (Å²) in [5.74, 6) is -0.574. The molecule has 0 spiro atoms. The second-order valence-electron chi connectivity index (χ2n) is 5.83. The minimum absolute atomic E-state index is 0.231. The van der Waals surface area contributed by atoms with Gasteiger partial charge in [0.2, 0.25) is 10.0 Å². The van der Waals surface area contributed by atoms with Gasteiger partial charge in [0.05, 0.1) is 4.90 Å². The Balaban J connectivity index is 1.67. The van der Waals surface area contributed by atoms with Crippen LogP contribution >= 0.6 is 11.6 Å². The van der Waals surface area contributed by atoms with E-state index in [-0.39, 0.29) is 4.90 Å². The Labute approximate surface area is 156 Å². The van der Waals surface area contributed by atoms with Crippen molar-refractivity contribution in [3.63, 3.8) is 0 Å². The third-order valence-electron chi connectivity index (χ3n) is 4.29. The summed E-state index contributed by atoms with van der Waals surface area (Å²) in [5.41, 5.74) is 2.83. The Morgan fingerprint density at radius 3 is 2.08 bits per heavy atom. The van der Waals surface area contributed by atoms with Crippen molar-refractivity contribution in [1.82, 2.24) is 9.79 Å². The van der Waals surface area contributed by atoms with Crippen molar-refractivity contribution < 1.29 is 18.4 Å². The highest BCUT2D eigenvalue weighted by atomic mass is 35.5. The first-order valence-electron chi connectivity index (χ1n) is 7.97. The molecule has 1 aliphatic heterocycles. The molecular weight excluding hydrogens is 378 g/mol. The number of benzene rings is 2. The van der Waals surface area contributed by atoms with Gasteiger partial charge in [0.1, 0.15) is 0 Å². The number of anilines is 1. The van der Waals surface area contributed by atoms with Gasteiger partial charge in [-0.1, -0.05) is 11.6 Å². The summed E-state index contributed by atoms with van der Waals surface area (Å²) in [7, 11) is -3.54. The van der Waals surface area contributed by atoms with Crippen LogP contribution in [0.5, 0.6) is 0 Å². The van der Waals surface area contributed by atoms with E-state index in [1.54, 1.807) is 41.9 Å². The molecule has 0 unspecified atom stereocenters. The number of sulfonamides is 1. The summed E-state index contributed by atoms with van der Waals surface area (Å²) < 4.78 is 26.8. The van der Waals surface area contributed by atoms with Crippen LogP contribution in [-0.2, 0) is 10.0 Å². The summed E-state index contributed by atoms with van der Waals surface area (Å²) in [5, 5.41) is 9.13. The van der Waals surface area contributed by atoms with E-state index in [1.807, 2.05) is 0 Å². The Morgan fingerprint density at radius 1 is 0.962 bits per heavy atom. The monoisotopic (exact) mass is 395 g/mol. The van der Waals surface area contributed by atoms with Crippen LogP contribution in [0.1, 0.15) is 10.4 Å². The van der Waals surface area contributed by atoms with Gasteiger partial charge in [-0.15, -0.1) is 0 Å². The Bertz CT molecular complexity index is 877. The molecule has 0 radical (unpaired) electrons. The van der Waals surface area contributed by atoms with Crippen LogP contribution in [0.2, 0.25) is 5.02 Å². The molecule has 1 heterocycles. The average molecular weight is 396 g/mol. The van der Waals surface area contributed by atoms with Crippen molar-refractivity contribution in [1.29, 1.82) is 0 Å². The Morgan fingerprint density at radius 2 is 1.54 bits per heavy atom. The van der Waals surface area contributed by atoms with E-state index in [2.05, 4.69) is 4.90 Å². The number of hydrogen-bond acceptors (Lipinski definition) is 5. The predicted octanol–water partition coefficient (Wildman–Crippen LogP) is 1.97. The van der Waals surface area contributed by atoms with Gasteiger partial charge in [-0.3, -0.25) is 10.0 Å². The van der Waals surface area contributed by atoms with Gasteiger partial charge in [-0.25, -0.2) is 13.9 Å². The van der Waals surface area contributed by atoms with E-state index < -0.39 is 15.9 Å². The smallest absolute Gasteiger partial charge is 0.274 e. The summed E-state index contributed by atoms with van der Waals surface area (Å²) in [6.45, 7) is 1.81. The number of halogens is 1. The number of hydrogen-bond donors (Lipinski definition) is 2. The fraction of sp³-hybridized carbons (Fsp3) is 0.235. The molecule has 2 aromatic rings. The van der Waals surface area contributed by atoms with Crippen molar-refractivity contribution in [3.8, 4) is 0 Å². The normalized spacial score (nSPS) is 15.7. The molecule has 0 aromatic heterocycles. The molecule has 0 atom stereocenters. The molecule has 0 saturated carbocycles. The van der Waals surface area contributed by atoms with Gasteiger partial charge in [-0.2, -0.15) is 4.31 Å². The predicted molar refractivity (Wildman–Crippen MR) is 98.1 cm³/mol. The molecule has 1 saturated heterocycles. The molecule has 0 aliphatic carbocycles. The largest absolute Gasteiger partial charge is 0.369 e. The molecule has 1 fully saturated rings. The lowest BCUT2D eigenvalue weighted by Gasteiger charge is -2.35. The van der Waals surface area contributed by atoms with Crippen LogP contribution in [0, 0.1) is 0 Å². The first-order valence-corrected chi connectivity index (χ1v) is 9.79. The van der Waals surface area contributed by atoms with Crippen LogP contribution in [0.4, 0.5) is 5.69 Å². The van der Waals surface area contributed by atoms with Crippen LogP contribution in [0.3, 0.4) is 0 Å². The fourth-order valence-electron chi connectivity index (χ4n) is 2.83. The summed E-state index contributed by atoms with van der Waals surface area (Å²) in [6, 6.07) is 12.9. The zero-order chi connectivity index (χ0) is 18.7. The second-order valence-corrected chi connectivity index (χ2v) is 8.21. The number of piperazine rings is 1. The molecule has 1 amide bonds. The lowest BCUT2D eigenvalue weighted by molar-refractivity contribution is 0.0706. The number of carbonyl (C=O) groups excluding carboxylic acids is 1. The van der Waals surface area contributed by atoms with Gasteiger partial charge in [0.15, 0.2) is 0 Å². The molecule has 0 bridgehead atoms. The minimum Gasteiger partial charge on any atom is -0.369 e. The minimum atomic E-state index is -3.54. The number of nitrogens with one attached hydrogen (secondary N) is 1. The Hall–Kier alpha value is -2.13. The van der Waals surface area contributed by atoms with Gasteiger partial charge < -0.3 is 4.90 Å². The quantitative estimate of drug-likeness (QED) is 0.610. The molecule has 2 aromatic carbocycles. The van der Waals surface area contributed by atoms with Gasteiger partial charge >= 0.3 is 0 Å². The van der Waals surface area contributed by atoms with Crippen LogP contribution in [0.15, 0.2) is 53.4 Å². The van der Waals surface area contributed by atoms with E-state index >= 15 is 0 Å². The van der Waals surface area contributed by atoms with E-state index in [0.717, 1.165) is 5.69 Å². The van der Waals surface area contributed by atoms with E-state index in [4.69, 9.17) is 16.8 Å².